The molecule has 2 unspecified atom stereocenters. The molecule has 0 aromatic heterocycles. The van der Waals surface area contributed by atoms with Crippen LogP contribution in [0.15, 0.2) is 0 Å². The highest BCUT2D eigenvalue weighted by Crippen LogP contribution is 2.39. The van der Waals surface area contributed by atoms with Crippen LogP contribution < -0.4 is 5.73 Å². The highest BCUT2D eigenvalue weighted by Gasteiger charge is 2.42. The van der Waals surface area contributed by atoms with Crippen molar-refractivity contribution in [1.29, 1.82) is 0 Å². The Morgan fingerprint density at radius 3 is 2.50 bits per heavy atom. The molecule has 2 N–H and O–H groups in total. The molecule has 1 fully saturated rings. The Labute approximate surface area is 102 Å². The van der Waals surface area contributed by atoms with Gasteiger partial charge in [-0.3, -0.25) is 4.90 Å². The lowest BCUT2D eigenvalue weighted by Crippen LogP contribution is -2.61. The Bertz CT molecular complexity index is 225. The predicted molar refractivity (Wildman–Crippen MR) is 71.6 cm³/mol. The fraction of sp³-hybridized carbons (Fsp3) is 1.00. The summed E-state index contributed by atoms with van der Waals surface area (Å²) in [6.45, 7) is 10.1. The normalized spacial score (nSPS) is 32.1. The molecule has 0 aliphatic heterocycles. The summed E-state index contributed by atoms with van der Waals surface area (Å²) in [5.74, 6) is 0.826. The van der Waals surface area contributed by atoms with E-state index in [2.05, 4.69) is 39.6 Å². The van der Waals surface area contributed by atoms with Crippen molar-refractivity contribution in [2.45, 2.75) is 70.9 Å². The van der Waals surface area contributed by atoms with E-state index < -0.39 is 0 Å². The first-order chi connectivity index (χ1) is 7.38. The van der Waals surface area contributed by atoms with E-state index in [0.29, 0.717) is 0 Å². The number of likely N-dealkylation sites (N-methyl/N-ethyl adjacent to an activating group) is 1. The largest absolute Gasteiger partial charge is 0.329 e. The first-order valence-electron chi connectivity index (χ1n) is 6.82. The van der Waals surface area contributed by atoms with Crippen LogP contribution in [-0.4, -0.2) is 29.6 Å². The Morgan fingerprint density at radius 2 is 2.06 bits per heavy atom. The molecule has 0 heterocycles. The average molecular weight is 226 g/mol. The first kappa shape index (κ1) is 14.0. The van der Waals surface area contributed by atoms with Crippen LogP contribution in [0.25, 0.3) is 0 Å². The van der Waals surface area contributed by atoms with Gasteiger partial charge in [-0.25, -0.2) is 0 Å². The minimum absolute atomic E-state index is 0.247. The Morgan fingerprint density at radius 1 is 1.44 bits per heavy atom. The highest BCUT2D eigenvalue weighted by atomic mass is 15.2. The molecule has 1 aliphatic carbocycles. The smallest absolute Gasteiger partial charge is 0.0336 e. The molecule has 1 rings (SSSR count). The SMILES string of the molecule is CCC(C)(C)N(C)C1(CN)CCCC(C)C1. The maximum atomic E-state index is 6.11. The number of rotatable bonds is 4. The summed E-state index contributed by atoms with van der Waals surface area (Å²) in [6, 6.07) is 0. The second-order valence-electron chi connectivity index (χ2n) is 6.35. The molecule has 0 bridgehead atoms. The van der Waals surface area contributed by atoms with Crippen LogP contribution in [-0.2, 0) is 0 Å². The maximum Gasteiger partial charge on any atom is 0.0336 e. The summed E-state index contributed by atoms with van der Waals surface area (Å²) in [7, 11) is 2.27. The van der Waals surface area contributed by atoms with Crippen LogP contribution in [0.5, 0.6) is 0 Å². The van der Waals surface area contributed by atoms with Gasteiger partial charge < -0.3 is 5.73 Å². The molecule has 1 saturated carbocycles. The standard InChI is InChI=1S/C14H30N2/c1-6-13(3,4)16(5)14(11-15)9-7-8-12(2)10-14/h12H,6-11,15H2,1-5H3. The van der Waals surface area contributed by atoms with E-state index in [1.807, 2.05) is 0 Å². The fourth-order valence-electron chi connectivity index (χ4n) is 3.14. The molecule has 96 valence electrons. The van der Waals surface area contributed by atoms with Crippen molar-refractivity contribution in [3.05, 3.63) is 0 Å². The van der Waals surface area contributed by atoms with Gasteiger partial charge in [-0.1, -0.05) is 26.7 Å². The summed E-state index contributed by atoms with van der Waals surface area (Å²) in [6.07, 6.45) is 6.43. The van der Waals surface area contributed by atoms with Crippen molar-refractivity contribution in [2.24, 2.45) is 11.7 Å². The van der Waals surface area contributed by atoms with Crippen molar-refractivity contribution < 1.29 is 0 Å². The quantitative estimate of drug-likeness (QED) is 0.798. The zero-order chi connectivity index (χ0) is 12.4. The van der Waals surface area contributed by atoms with Crippen LogP contribution >= 0.6 is 0 Å². The van der Waals surface area contributed by atoms with Crippen LogP contribution in [0.1, 0.15) is 59.8 Å². The number of nitrogens with two attached hydrogens (primary N) is 1. The van der Waals surface area contributed by atoms with Gasteiger partial charge in [0.15, 0.2) is 0 Å². The van der Waals surface area contributed by atoms with E-state index in [0.717, 1.165) is 12.5 Å². The van der Waals surface area contributed by atoms with Crippen molar-refractivity contribution >= 4 is 0 Å². The fourth-order valence-corrected chi connectivity index (χ4v) is 3.14. The topological polar surface area (TPSA) is 29.3 Å². The molecule has 2 heteroatoms. The summed E-state index contributed by atoms with van der Waals surface area (Å²) in [5.41, 5.74) is 6.62. The number of hydrogen-bond acceptors (Lipinski definition) is 2. The van der Waals surface area contributed by atoms with E-state index >= 15 is 0 Å². The summed E-state index contributed by atoms with van der Waals surface area (Å²) in [5, 5.41) is 0. The molecule has 0 aromatic carbocycles. The van der Waals surface area contributed by atoms with Crippen LogP contribution in [0.3, 0.4) is 0 Å². The third kappa shape index (κ3) is 2.60. The molecular weight excluding hydrogens is 196 g/mol. The van der Waals surface area contributed by atoms with Crippen molar-refractivity contribution in [3.63, 3.8) is 0 Å². The average Bonchev–Trinajstić information content (AvgIpc) is 2.27. The van der Waals surface area contributed by atoms with Crippen molar-refractivity contribution in [2.75, 3.05) is 13.6 Å². The molecule has 0 saturated heterocycles. The van der Waals surface area contributed by atoms with Gasteiger partial charge in [-0.2, -0.15) is 0 Å². The second-order valence-corrected chi connectivity index (χ2v) is 6.35. The first-order valence-corrected chi connectivity index (χ1v) is 6.82. The van der Waals surface area contributed by atoms with Crippen LogP contribution in [0.4, 0.5) is 0 Å². The van der Waals surface area contributed by atoms with E-state index in [9.17, 15) is 0 Å². The number of nitrogens with zero attached hydrogens (tertiary/aromatic N) is 1. The van der Waals surface area contributed by atoms with Gasteiger partial charge in [0, 0.05) is 17.6 Å². The molecule has 2 atom stereocenters. The highest BCUT2D eigenvalue weighted by molar-refractivity contribution is 4.99. The monoisotopic (exact) mass is 226 g/mol. The summed E-state index contributed by atoms with van der Waals surface area (Å²) >= 11 is 0. The predicted octanol–water partition coefficient (Wildman–Crippen LogP) is 3.01. The van der Waals surface area contributed by atoms with Crippen molar-refractivity contribution in [3.8, 4) is 0 Å². The Kier molecular flexibility index (Phi) is 4.42. The summed E-state index contributed by atoms with van der Waals surface area (Å²) < 4.78 is 0. The maximum absolute atomic E-state index is 6.11. The van der Waals surface area contributed by atoms with Gasteiger partial charge in [-0.15, -0.1) is 0 Å². The minimum Gasteiger partial charge on any atom is -0.329 e. The molecule has 2 nitrogen and oxygen atoms in total. The van der Waals surface area contributed by atoms with Crippen LogP contribution in [0.2, 0.25) is 0 Å². The third-order valence-corrected chi connectivity index (χ3v) is 4.93. The van der Waals surface area contributed by atoms with Gasteiger partial charge in [0.05, 0.1) is 0 Å². The van der Waals surface area contributed by atoms with Gasteiger partial charge in [0.1, 0.15) is 0 Å². The van der Waals surface area contributed by atoms with E-state index in [1.165, 1.54) is 32.1 Å². The zero-order valence-electron chi connectivity index (χ0n) is 11.8. The van der Waals surface area contributed by atoms with Gasteiger partial charge in [-0.05, 0) is 46.1 Å². The van der Waals surface area contributed by atoms with Gasteiger partial charge in [0.25, 0.3) is 0 Å². The lowest BCUT2D eigenvalue weighted by Gasteiger charge is -2.52. The number of hydrogen-bond donors (Lipinski definition) is 1. The summed E-state index contributed by atoms with van der Waals surface area (Å²) in [4.78, 5) is 2.57. The molecular formula is C14H30N2. The Balaban J connectivity index is 2.86. The molecule has 0 spiro atoms. The molecule has 0 aromatic rings. The second kappa shape index (κ2) is 5.05. The molecule has 1 aliphatic rings. The molecule has 0 radical (unpaired) electrons. The van der Waals surface area contributed by atoms with Gasteiger partial charge in [0.2, 0.25) is 0 Å². The lowest BCUT2D eigenvalue weighted by molar-refractivity contribution is -0.0130. The minimum atomic E-state index is 0.247. The van der Waals surface area contributed by atoms with Crippen LogP contribution in [0, 0.1) is 5.92 Å². The molecule has 0 amide bonds. The lowest BCUT2D eigenvalue weighted by atomic mass is 9.73. The van der Waals surface area contributed by atoms with E-state index in [1.54, 1.807) is 0 Å². The Hall–Kier alpha value is -0.0800. The van der Waals surface area contributed by atoms with Gasteiger partial charge >= 0.3 is 0 Å². The van der Waals surface area contributed by atoms with E-state index in [-0.39, 0.29) is 11.1 Å². The molecule has 16 heavy (non-hydrogen) atoms. The zero-order valence-corrected chi connectivity index (χ0v) is 11.8. The van der Waals surface area contributed by atoms with Crippen molar-refractivity contribution in [1.82, 2.24) is 4.90 Å². The third-order valence-electron chi connectivity index (χ3n) is 4.93. The van der Waals surface area contributed by atoms with E-state index in [4.69, 9.17) is 5.73 Å².